The highest BCUT2D eigenvalue weighted by Crippen LogP contribution is 2.29. The van der Waals surface area contributed by atoms with Gasteiger partial charge in [-0.05, 0) is 31.3 Å². The number of aromatic nitrogens is 1. The van der Waals surface area contributed by atoms with E-state index in [0.717, 1.165) is 31.3 Å². The van der Waals surface area contributed by atoms with Crippen molar-refractivity contribution in [1.29, 1.82) is 0 Å². The molecule has 4 N–H and O–H groups in total. The lowest BCUT2D eigenvalue weighted by atomic mass is 10.1. The number of halogens is 2. The van der Waals surface area contributed by atoms with Crippen LogP contribution in [0.4, 0.5) is 20.3 Å². The maximum atomic E-state index is 13.8. The van der Waals surface area contributed by atoms with Crippen molar-refractivity contribution in [1.82, 2.24) is 14.8 Å². The molecule has 1 aromatic carbocycles. The Kier molecular flexibility index (Phi) is 8.32. The van der Waals surface area contributed by atoms with Crippen LogP contribution in [0.25, 0.3) is 0 Å². The van der Waals surface area contributed by atoms with Gasteiger partial charge in [0.15, 0.2) is 0 Å². The Morgan fingerprint density at radius 1 is 1.19 bits per heavy atom. The number of carboxylic acids is 1. The SMILES string of the molecule is CN1CCN(CCN)CC1.O=C(O)c1cnc2c(c1)N(Cc1cc(F)ccc1F)CCN2. The van der Waals surface area contributed by atoms with Crippen LogP contribution in [0, 0.1) is 11.6 Å². The topological polar surface area (TPSA) is 98.0 Å². The Morgan fingerprint density at radius 3 is 2.62 bits per heavy atom. The zero-order valence-electron chi connectivity index (χ0n) is 18.2. The van der Waals surface area contributed by atoms with Gasteiger partial charge in [-0.15, -0.1) is 0 Å². The molecule has 2 aliphatic rings. The maximum Gasteiger partial charge on any atom is 0.337 e. The maximum absolute atomic E-state index is 13.8. The standard InChI is InChI=1S/C15H13F2N3O2.C7H17N3/c16-11-1-2-12(17)10(5-11)8-20-4-3-18-14-13(20)6-9(7-19-14)15(21)22;1-9-4-6-10(3-2-8)7-5-9/h1-2,5-7H,3-4,8H2,(H,18,19)(H,21,22);2-8H2,1H3. The van der Waals surface area contributed by atoms with E-state index < -0.39 is 17.6 Å². The van der Waals surface area contributed by atoms with E-state index in [1.54, 1.807) is 4.90 Å². The normalized spacial score (nSPS) is 16.6. The van der Waals surface area contributed by atoms with Gasteiger partial charge in [-0.25, -0.2) is 18.6 Å². The van der Waals surface area contributed by atoms with Crippen LogP contribution in [0.2, 0.25) is 0 Å². The summed E-state index contributed by atoms with van der Waals surface area (Å²) in [6.07, 6.45) is 1.26. The van der Waals surface area contributed by atoms with Crippen molar-refractivity contribution in [2.75, 3.05) is 69.6 Å². The predicted octanol–water partition coefficient (Wildman–Crippen LogP) is 1.68. The summed E-state index contributed by atoms with van der Waals surface area (Å²) in [5.74, 6) is -1.56. The van der Waals surface area contributed by atoms with Crippen LogP contribution in [0.5, 0.6) is 0 Å². The summed E-state index contributed by atoms with van der Waals surface area (Å²) in [6, 6.07) is 4.77. The first-order valence-electron chi connectivity index (χ1n) is 10.6. The number of carbonyl (C=O) groups is 1. The van der Waals surface area contributed by atoms with Crippen molar-refractivity contribution in [3.63, 3.8) is 0 Å². The van der Waals surface area contributed by atoms with Crippen molar-refractivity contribution in [3.8, 4) is 0 Å². The molecule has 3 heterocycles. The third kappa shape index (κ3) is 6.35. The number of anilines is 2. The third-order valence-electron chi connectivity index (χ3n) is 5.54. The number of hydrogen-bond acceptors (Lipinski definition) is 7. The highest BCUT2D eigenvalue weighted by molar-refractivity contribution is 5.90. The zero-order valence-corrected chi connectivity index (χ0v) is 18.2. The van der Waals surface area contributed by atoms with Gasteiger partial charge in [0.25, 0.3) is 0 Å². The number of fused-ring (bicyclic) bond motifs is 1. The number of rotatable bonds is 5. The van der Waals surface area contributed by atoms with Crippen molar-refractivity contribution in [2.45, 2.75) is 6.54 Å². The molecule has 8 nitrogen and oxygen atoms in total. The molecule has 0 atom stereocenters. The fourth-order valence-electron chi connectivity index (χ4n) is 3.67. The minimum absolute atomic E-state index is 0.0483. The second-order valence-corrected chi connectivity index (χ2v) is 7.91. The van der Waals surface area contributed by atoms with Crippen molar-refractivity contribution < 1.29 is 18.7 Å². The molecular formula is C22H30F2N6O2. The number of carboxylic acid groups (broad SMARTS) is 1. The van der Waals surface area contributed by atoms with E-state index >= 15 is 0 Å². The van der Waals surface area contributed by atoms with E-state index in [4.69, 9.17) is 10.8 Å². The van der Waals surface area contributed by atoms with Gasteiger partial charge in [-0.1, -0.05) is 0 Å². The molecule has 0 unspecified atom stereocenters. The van der Waals surface area contributed by atoms with Gasteiger partial charge in [-0.2, -0.15) is 0 Å². The first kappa shape index (κ1) is 23.8. The van der Waals surface area contributed by atoms with Crippen LogP contribution in [0.1, 0.15) is 15.9 Å². The molecule has 10 heteroatoms. The molecule has 0 bridgehead atoms. The van der Waals surface area contributed by atoms with Crippen molar-refractivity contribution >= 4 is 17.5 Å². The Labute approximate surface area is 186 Å². The first-order valence-corrected chi connectivity index (χ1v) is 10.6. The molecule has 32 heavy (non-hydrogen) atoms. The van der Waals surface area contributed by atoms with Gasteiger partial charge in [0, 0.05) is 70.7 Å². The van der Waals surface area contributed by atoms with Crippen LogP contribution in [0.3, 0.4) is 0 Å². The molecule has 0 aliphatic carbocycles. The summed E-state index contributed by atoms with van der Waals surface area (Å²) in [6.45, 7) is 7.89. The van der Waals surface area contributed by atoms with Crippen molar-refractivity contribution in [2.24, 2.45) is 5.73 Å². The van der Waals surface area contributed by atoms with Crippen LogP contribution in [-0.4, -0.2) is 85.3 Å². The third-order valence-corrected chi connectivity index (χ3v) is 5.54. The fraction of sp³-hybridized carbons (Fsp3) is 0.455. The average molecular weight is 449 g/mol. The van der Waals surface area contributed by atoms with Gasteiger partial charge in [0.1, 0.15) is 17.5 Å². The molecule has 0 amide bonds. The molecule has 1 fully saturated rings. The summed E-state index contributed by atoms with van der Waals surface area (Å²) in [7, 11) is 2.17. The number of nitrogens with zero attached hydrogens (tertiary/aromatic N) is 4. The number of nitrogens with one attached hydrogen (secondary N) is 1. The number of benzene rings is 1. The van der Waals surface area contributed by atoms with E-state index in [2.05, 4.69) is 27.1 Å². The molecule has 174 valence electrons. The smallest absolute Gasteiger partial charge is 0.337 e. The molecule has 0 saturated carbocycles. The van der Waals surface area contributed by atoms with Gasteiger partial charge in [0.05, 0.1) is 11.3 Å². The Morgan fingerprint density at radius 2 is 1.94 bits per heavy atom. The van der Waals surface area contributed by atoms with Gasteiger partial charge < -0.3 is 26.0 Å². The minimum Gasteiger partial charge on any atom is -0.478 e. The highest BCUT2D eigenvalue weighted by atomic mass is 19.1. The second-order valence-electron chi connectivity index (χ2n) is 7.91. The quantitative estimate of drug-likeness (QED) is 0.636. The Bertz CT molecular complexity index is 921. The van der Waals surface area contributed by atoms with Crippen LogP contribution < -0.4 is 16.0 Å². The molecular weight excluding hydrogens is 418 g/mol. The zero-order chi connectivity index (χ0) is 23.1. The van der Waals surface area contributed by atoms with E-state index in [-0.39, 0.29) is 17.7 Å². The highest BCUT2D eigenvalue weighted by Gasteiger charge is 2.21. The number of aromatic carboxylic acids is 1. The molecule has 0 spiro atoms. The van der Waals surface area contributed by atoms with Crippen LogP contribution in [-0.2, 0) is 6.54 Å². The second kappa shape index (κ2) is 11.2. The number of pyridine rings is 1. The lowest BCUT2D eigenvalue weighted by molar-refractivity contribution is 0.0696. The number of likely N-dealkylation sites (N-methyl/N-ethyl adjacent to an activating group) is 1. The largest absolute Gasteiger partial charge is 0.478 e. The molecule has 1 aromatic heterocycles. The molecule has 2 aliphatic heterocycles. The van der Waals surface area contributed by atoms with Gasteiger partial charge >= 0.3 is 5.97 Å². The Balaban J connectivity index is 0.000000243. The Hall–Kier alpha value is -2.82. The number of hydrogen-bond donors (Lipinski definition) is 3. The van der Waals surface area contributed by atoms with E-state index in [1.165, 1.54) is 38.4 Å². The number of piperazine rings is 1. The lowest BCUT2D eigenvalue weighted by Gasteiger charge is -2.31. The van der Waals surface area contributed by atoms with E-state index in [9.17, 15) is 13.6 Å². The van der Waals surface area contributed by atoms with Gasteiger partial charge in [0.2, 0.25) is 0 Å². The average Bonchev–Trinajstić information content (AvgIpc) is 2.78. The molecule has 4 rings (SSSR count). The fourth-order valence-corrected chi connectivity index (χ4v) is 3.67. The summed E-state index contributed by atoms with van der Waals surface area (Å²) in [4.78, 5) is 21.7. The summed E-state index contributed by atoms with van der Waals surface area (Å²) in [5, 5.41) is 12.1. The molecule has 0 radical (unpaired) electrons. The lowest BCUT2D eigenvalue weighted by Crippen LogP contribution is -2.45. The number of nitrogens with two attached hydrogens (primary N) is 1. The summed E-state index contributed by atoms with van der Waals surface area (Å²) < 4.78 is 27.1. The first-order chi connectivity index (χ1) is 15.4. The summed E-state index contributed by atoms with van der Waals surface area (Å²) in [5.41, 5.74) is 6.27. The van der Waals surface area contributed by atoms with E-state index in [0.29, 0.717) is 24.6 Å². The monoisotopic (exact) mass is 448 g/mol. The van der Waals surface area contributed by atoms with E-state index in [1.807, 2.05) is 0 Å². The minimum atomic E-state index is -1.09. The van der Waals surface area contributed by atoms with Crippen molar-refractivity contribution in [3.05, 3.63) is 53.2 Å². The van der Waals surface area contributed by atoms with Crippen LogP contribution >= 0.6 is 0 Å². The molecule has 1 saturated heterocycles. The van der Waals surface area contributed by atoms with Crippen LogP contribution in [0.15, 0.2) is 30.5 Å². The molecule has 2 aromatic rings. The van der Waals surface area contributed by atoms with Gasteiger partial charge in [-0.3, -0.25) is 4.90 Å². The predicted molar refractivity (Wildman–Crippen MR) is 120 cm³/mol. The summed E-state index contributed by atoms with van der Waals surface area (Å²) >= 11 is 0.